The number of pyridine rings is 1. The summed E-state index contributed by atoms with van der Waals surface area (Å²) in [6.07, 6.45) is 3.09. The van der Waals surface area contributed by atoms with Gasteiger partial charge in [-0.05, 0) is 46.3 Å². The summed E-state index contributed by atoms with van der Waals surface area (Å²) in [5.74, 6) is 0.579. The monoisotopic (exact) mass is 356 g/mol. The molecule has 0 aliphatic heterocycles. The number of hydrogen-bond acceptors (Lipinski definition) is 4. The number of methoxy groups -OCH3 is 1. The number of ether oxygens (including phenoxy) is 1. The van der Waals surface area contributed by atoms with Crippen LogP contribution in [0.25, 0.3) is 0 Å². The number of hydrogen-bond donors (Lipinski definition) is 0. The molecule has 0 spiro atoms. The van der Waals surface area contributed by atoms with Gasteiger partial charge in [-0.3, -0.25) is 9.29 Å². The first-order valence-corrected chi connectivity index (χ1v) is 7.92. The van der Waals surface area contributed by atoms with Gasteiger partial charge < -0.3 is 4.74 Å². The first-order chi connectivity index (χ1) is 9.46. The van der Waals surface area contributed by atoms with Crippen molar-refractivity contribution >= 4 is 31.6 Å². The molecule has 0 atom stereocenters. The lowest BCUT2D eigenvalue weighted by molar-refractivity contribution is 0.411. The lowest BCUT2D eigenvalue weighted by Crippen LogP contribution is -2.26. The maximum atomic E-state index is 12.5. The Morgan fingerprint density at radius 2 is 1.85 bits per heavy atom. The van der Waals surface area contributed by atoms with Crippen molar-refractivity contribution in [2.24, 2.45) is 0 Å². The molecule has 0 fully saturated rings. The minimum absolute atomic E-state index is 0.185. The van der Waals surface area contributed by atoms with Crippen molar-refractivity contribution in [1.29, 1.82) is 0 Å². The Bertz CT molecular complexity index is 705. The van der Waals surface area contributed by atoms with Crippen LogP contribution in [0.3, 0.4) is 0 Å². The van der Waals surface area contributed by atoms with Crippen LogP contribution < -0.4 is 9.04 Å². The highest BCUT2D eigenvalue weighted by molar-refractivity contribution is 9.10. The highest BCUT2D eigenvalue weighted by Gasteiger charge is 2.22. The van der Waals surface area contributed by atoms with Gasteiger partial charge in [-0.2, -0.15) is 0 Å². The van der Waals surface area contributed by atoms with Crippen molar-refractivity contribution in [1.82, 2.24) is 4.98 Å². The molecule has 0 aliphatic carbocycles. The van der Waals surface area contributed by atoms with E-state index in [4.69, 9.17) is 4.74 Å². The van der Waals surface area contributed by atoms with E-state index in [2.05, 4.69) is 20.9 Å². The van der Waals surface area contributed by atoms with Crippen LogP contribution in [0.15, 0.2) is 52.1 Å². The van der Waals surface area contributed by atoms with E-state index in [0.717, 1.165) is 0 Å². The van der Waals surface area contributed by atoms with Gasteiger partial charge in [0.15, 0.2) is 0 Å². The van der Waals surface area contributed by atoms with E-state index in [1.54, 1.807) is 30.6 Å². The van der Waals surface area contributed by atoms with Crippen LogP contribution >= 0.6 is 15.9 Å². The van der Waals surface area contributed by atoms with Crippen LogP contribution in [-0.4, -0.2) is 27.6 Å². The summed E-state index contributed by atoms with van der Waals surface area (Å²) >= 11 is 3.29. The van der Waals surface area contributed by atoms with Crippen molar-refractivity contribution < 1.29 is 13.2 Å². The average molecular weight is 357 g/mol. The maximum absolute atomic E-state index is 12.5. The summed E-state index contributed by atoms with van der Waals surface area (Å²) in [5, 5.41) is 0. The Morgan fingerprint density at radius 3 is 2.40 bits per heavy atom. The number of aromatic nitrogens is 1. The van der Waals surface area contributed by atoms with Crippen LogP contribution in [-0.2, 0) is 10.0 Å². The number of halogens is 1. The molecule has 106 valence electrons. The highest BCUT2D eigenvalue weighted by atomic mass is 79.9. The summed E-state index contributed by atoms with van der Waals surface area (Å²) < 4.78 is 31.9. The van der Waals surface area contributed by atoms with Crippen LogP contribution in [0.5, 0.6) is 5.75 Å². The zero-order valence-electron chi connectivity index (χ0n) is 10.9. The lowest BCUT2D eigenvalue weighted by atomic mass is 10.3. The fraction of sp³-hybridized carbons (Fsp3) is 0.154. The molecule has 1 aromatic carbocycles. The number of nitrogens with zero attached hydrogens (tertiary/aromatic N) is 2. The number of sulfonamides is 1. The Kier molecular flexibility index (Phi) is 4.29. The van der Waals surface area contributed by atoms with E-state index < -0.39 is 10.0 Å². The van der Waals surface area contributed by atoms with Crippen molar-refractivity contribution in [3.05, 3.63) is 47.2 Å². The first-order valence-electron chi connectivity index (χ1n) is 5.69. The molecule has 1 heterocycles. The van der Waals surface area contributed by atoms with Crippen molar-refractivity contribution in [3.8, 4) is 5.75 Å². The minimum Gasteiger partial charge on any atom is -0.496 e. The standard InChI is InChI=1S/C13H13BrN2O3S/c1-16(10-5-7-15-8-6-10)20(17,18)11-3-4-13(19-2)12(14)9-11/h3-9H,1-2H3. The van der Waals surface area contributed by atoms with Crippen molar-refractivity contribution in [2.75, 3.05) is 18.5 Å². The van der Waals surface area contributed by atoms with Gasteiger partial charge in [-0.25, -0.2) is 8.42 Å². The fourth-order valence-electron chi connectivity index (χ4n) is 1.66. The Morgan fingerprint density at radius 1 is 1.20 bits per heavy atom. The summed E-state index contributed by atoms with van der Waals surface area (Å²) in [7, 11) is -0.592. The topological polar surface area (TPSA) is 59.5 Å². The van der Waals surface area contributed by atoms with Crippen LogP contribution in [0.4, 0.5) is 5.69 Å². The lowest BCUT2D eigenvalue weighted by Gasteiger charge is -2.19. The zero-order chi connectivity index (χ0) is 14.8. The molecule has 2 aromatic rings. The van der Waals surface area contributed by atoms with Crippen molar-refractivity contribution in [3.63, 3.8) is 0 Å². The minimum atomic E-state index is -3.62. The molecule has 0 N–H and O–H groups in total. The number of anilines is 1. The van der Waals surface area contributed by atoms with E-state index in [9.17, 15) is 8.42 Å². The van der Waals surface area contributed by atoms with Gasteiger partial charge >= 0.3 is 0 Å². The molecule has 2 rings (SSSR count). The van der Waals surface area contributed by atoms with E-state index in [0.29, 0.717) is 15.9 Å². The second-order valence-electron chi connectivity index (χ2n) is 3.97. The normalized spacial score (nSPS) is 11.2. The fourth-order valence-corrected chi connectivity index (χ4v) is 3.57. The van der Waals surface area contributed by atoms with Crippen LogP contribution in [0, 0.1) is 0 Å². The second kappa shape index (κ2) is 5.80. The third-order valence-electron chi connectivity index (χ3n) is 2.81. The van der Waals surface area contributed by atoms with Gasteiger partial charge in [-0.1, -0.05) is 0 Å². The van der Waals surface area contributed by atoms with Gasteiger partial charge in [0.05, 0.1) is 22.2 Å². The van der Waals surface area contributed by atoms with Gasteiger partial charge in [-0.15, -0.1) is 0 Å². The SMILES string of the molecule is COc1ccc(S(=O)(=O)N(C)c2ccncc2)cc1Br. The molecule has 0 radical (unpaired) electrons. The summed E-state index contributed by atoms with van der Waals surface area (Å²) in [5.41, 5.74) is 0.548. The Balaban J connectivity index is 2.43. The molecule has 0 unspecified atom stereocenters. The highest BCUT2D eigenvalue weighted by Crippen LogP contribution is 2.29. The van der Waals surface area contributed by atoms with Crippen molar-refractivity contribution in [2.45, 2.75) is 4.90 Å². The smallest absolute Gasteiger partial charge is 0.264 e. The van der Waals surface area contributed by atoms with E-state index in [1.165, 1.54) is 30.6 Å². The molecule has 0 amide bonds. The Hall–Kier alpha value is -1.60. The Labute approximate surface area is 126 Å². The average Bonchev–Trinajstić information content (AvgIpc) is 2.47. The third kappa shape index (κ3) is 2.78. The van der Waals surface area contributed by atoms with Gasteiger partial charge in [0, 0.05) is 19.4 Å². The second-order valence-corrected chi connectivity index (χ2v) is 6.80. The molecule has 7 heteroatoms. The third-order valence-corrected chi connectivity index (χ3v) is 5.21. The molecule has 0 saturated heterocycles. The molecular formula is C13H13BrN2O3S. The molecule has 0 bridgehead atoms. The van der Waals surface area contributed by atoms with E-state index in [-0.39, 0.29) is 4.90 Å². The predicted molar refractivity (Wildman–Crippen MR) is 80.5 cm³/mol. The molecule has 20 heavy (non-hydrogen) atoms. The largest absolute Gasteiger partial charge is 0.496 e. The van der Waals surface area contributed by atoms with Gasteiger partial charge in [0.2, 0.25) is 0 Å². The van der Waals surface area contributed by atoms with Gasteiger partial charge in [0.1, 0.15) is 5.75 Å². The number of rotatable bonds is 4. The van der Waals surface area contributed by atoms with Crippen LogP contribution in [0.2, 0.25) is 0 Å². The summed E-state index contributed by atoms with van der Waals surface area (Å²) in [6.45, 7) is 0. The first kappa shape index (κ1) is 14.8. The molecule has 1 aromatic heterocycles. The summed E-state index contributed by atoms with van der Waals surface area (Å²) in [6, 6.07) is 7.91. The van der Waals surface area contributed by atoms with E-state index >= 15 is 0 Å². The van der Waals surface area contributed by atoms with Crippen LogP contribution in [0.1, 0.15) is 0 Å². The maximum Gasteiger partial charge on any atom is 0.264 e. The molecule has 0 aliphatic rings. The number of benzene rings is 1. The molecule has 0 saturated carbocycles. The predicted octanol–water partition coefficient (Wildman–Crippen LogP) is 2.68. The van der Waals surface area contributed by atoms with E-state index in [1.807, 2.05) is 0 Å². The van der Waals surface area contributed by atoms with Gasteiger partial charge in [0.25, 0.3) is 10.0 Å². The molecular weight excluding hydrogens is 344 g/mol. The zero-order valence-corrected chi connectivity index (χ0v) is 13.3. The summed E-state index contributed by atoms with van der Waals surface area (Å²) in [4.78, 5) is 4.06. The quantitative estimate of drug-likeness (QED) is 0.844. The molecule has 5 nitrogen and oxygen atoms in total.